The lowest BCUT2D eigenvalue weighted by Gasteiger charge is -2.28. The molecule has 0 saturated carbocycles. The van der Waals surface area contributed by atoms with Gasteiger partial charge in [0.1, 0.15) is 0 Å². The molecule has 3 heteroatoms. The Balaban J connectivity index is 2.61. The summed E-state index contributed by atoms with van der Waals surface area (Å²) >= 11 is 6.04. The van der Waals surface area contributed by atoms with E-state index >= 15 is 0 Å². The molecule has 1 aromatic rings. The maximum atomic E-state index is 6.04. The number of halogens is 1. The van der Waals surface area contributed by atoms with Crippen LogP contribution in [0.25, 0.3) is 0 Å². The van der Waals surface area contributed by atoms with E-state index in [2.05, 4.69) is 31.1 Å². The average molecular weight is 227 g/mol. The Hall–Kier alpha value is -0.600. The highest BCUT2D eigenvalue weighted by atomic mass is 35.5. The Morgan fingerprint density at radius 2 is 2.07 bits per heavy atom. The molecule has 0 atom stereocenters. The molecule has 1 aromatic heterocycles. The minimum atomic E-state index is 0.201. The first kappa shape index (κ1) is 12.5. The van der Waals surface area contributed by atoms with E-state index in [1.165, 1.54) is 0 Å². The quantitative estimate of drug-likeness (QED) is 0.833. The third-order valence-corrected chi connectivity index (χ3v) is 3.46. The Bertz CT molecular complexity index is 308. The second kappa shape index (κ2) is 5.47. The van der Waals surface area contributed by atoms with Crippen LogP contribution in [-0.4, -0.2) is 10.5 Å². The summed E-state index contributed by atoms with van der Waals surface area (Å²) in [5.74, 6) is 0. The van der Waals surface area contributed by atoms with Crippen LogP contribution < -0.4 is 5.32 Å². The molecule has 0 unspecified atom stereocenters. The van der Waals surface area contributed by atoms with Gasteiger partial charge in [-0.2, -0.15) is 0 Å². The van der Waals surface area contributed by atoms with Gasteiger partial charge in [-0.3, -0.25) is 4.98 Å². The highest BCUT2D eigenvalue weighted by molar-refractivity contribution is 6.31. The van der Waals surface area contributed by atoms with Gasteiger partial charge in [-0.25, -0.2) is 0 Å². The minimum absolute atomic E-state index is 0.201. The van der Waals surface area contributed by atoms with E-state index in [9.17, 15) is 0 Å². The Labute approximate surface area is 97.1 Å². The smallest absolute Gasteiger partial charge is 0.0634 e. The van der Waals surface area contributed by atoms with E-state index in [1.807, 2.05) is 6.07 Å². The van der Waals surface area contributed by atoms with Gasteiger partial charge in [0.05, 0.1) is 5.02 Å². The van der Waals surface area contributed by atoms with Gasteiger partial charge < -0.3 is 5.32 Å². The predicted octanol–water partition coefficient (Wildman–Crippen LogP) is 3.40. The van der Waals surface area contributed by atoms with Gasteiger partial charge in [0.15, 0.2) is 0 Å². The van der Waals surface area contributed by atoms with Crippen LogP contribution in [0.3, 0.4) is 0 Å². The summed E-state index contributed by atoms with van der Waals surface area (Å²) in [4.78, 5) is 3.97. The van der Waals surface area contributed by atoms with Crippen molar-refractivity contribution in [3.63, 3.8) is 0 Å². The van der Waals surface area contributed by atoms with Gasteiger partial charge in [0.2, 0.25) is 0 Å². The molecule has 0 bridgehead atoms. The highest BCUT2D eigenvalue weighted by Crippen LogP contribution is 2.17. The lowest BCUT2D eigenvalue weighted by atomic mass is 9.95. The van der Waals surface area contributed by atoms with Crippen molar-refractivity contribution in [1.29, 1.82) is 0 Å². The standard InChI is InChI=1S/C12H19ClN2/c1-4-12(3,5-2)15-8-10-6-7-14-9-11(10)13/h6-7,9,15H,4-5,8H2,1-3H3. The van der Waals surface area contributed by atoms with Crippen molar-refractivity contribution in [2.45, 2.75) is 45.7 Å². The molecule has 0 radical (unpaired) electrons. The van der Waals surface area contributed by atoms with Gasteiger partial charge in [0, 0.05) is 24.5 Å². The van der Waals surface area contributed by atoms with E-state index < -0.39 is 0 Å². The number of pyridine rings is 1. The van der Waals surface area contributed by atoms with Crippen LogP contribution in [0.5, 0.6) is 0 Å². The third-order valence-electron chi connectivity index (χ3n) is 3.12. The van der Waals surface area contributed by atoms with Crippen molar-refractivity contribution in [2.24, 2.45) is 0 Å². The van der Waals surface area contributed by atoms with Gasteiger partial charge >= 0.3 is 0 Å². The summed E-state index contributed by atoms with van der Waals surface area (Å²) in [6, 6.07) is 1.96. The van der Waals surface area contributed by atoms with E-state index in [4.69, 9.17) is 11.6 Å². The lowest BCUT2D eigenvalue weighted by molar-refractivity contribution is 0.329. The predicted molar refractivity (Wildman–Crippen MR) is 65.1 cm³/mol. The van der Waals surface area contributed by atoms with Gasteiger partial charge in [0.25, 0.3) is 0 Å². The summed E-state index contributed by atoms with van der Waals surface area (Å²) in [6.45, 7) is 7.44. The van der Waals surface area contributed by atoms with E-state index in [1.54, 1.807) is 12.4 Å². The fraction of sp³-hybridized carbons (Fsp3) is 0.583. The summed E-state index contributed by atoms with van der Waals surface area (Å²) < 4.78 is 0. The molecule has 0 saturated heterocycles. The van der Waals surface area contributed by atoms with Crippen LogP contribution in [0.1, 0.15) is 39.2 Å². The first-order valence-electron chi connectivity index (χ1n) is 5.44. The molecule has 0 aliphatic rings. The zero-order chi connectivity index (χ0) is 11.3. The Morgan fingerprint density at radius 1 is 1.40 bits per heavy atom. The van der Waals surface area contributed by atoms with Crippen LogP contribution in [-0.2, 0) is 6.54 Å². The lowest BCUT2D eigenvalue weighted by Crippen LogP contribution is -2.40. The molecule has 0 aliphatic carbocycles. The van der Waals surface area contributed by atoms with Gasteiger partial charge in [-0.15, -0.1) is 0 Å². The van der Waals surface area contributed by atoms with Crippen molar-refractivity contribution in [3.8, 4) is 0 Å². The first-order chi connectivity index (χ1) is 7.11. The fourth-order valence-electron chi connectivity index (χ4n) is 1.36. The normalized spacial score (nSPS) is 11.7. The van der Waals surface area contributed by atoms with Crippen molar-refractivity contribution >= 4 is 11.6 Å². The largest absolute Gasteiger partial charge is 0.307 e. The van der Waals surface area contributed by atoms with Gasteiger partial charge in [-0.05, 0) is 31.4 Å². The molecule has 15 heavy (non-hydrogen) atoms. The van der Waals surface area contributed by atoms with E-state index in [0.29, 0.717) is 0 Å². The fourth-order valence-corrected chi connectivity index (χ4v) is 1.54. The molecule has 0 fully saturated rings. The average Bonchev–Trinajstić information content (AvgIpc) is 2.28. The molecular formula is C12H19ClN2. The second-order valence-corrected chi connectivity index (χ2v) is 4.50. The molecule has 0 aliphatic heterocycles. The van der Waals surface area contributed by atoms with Crippen molar-refractivity contribution in [2.75, 3.05) is 0 Å². The monoisotopic (exact) mass is 226 g/mol. The second-order valence-electron chi connectivity index (χ2n) is 4.09. The van der Waals surface area contributed by atoms with Crippen LogP contribution in [0.2, 0.25) is 5.02 Å². The SMILES string of the molecule is CCC(C)(CC)NCc1ccncc1Cl. The van der Waals surface area contributed by atoms with E-state index in [0.717, 1.165) is 30.0 Å². The number of nitrogens with one attached hydrogen (secondary N) is 1. The maximum absolute atomic E-state index is 6.04. The zero-order valence-electron chi connectivity index (χ0n) is 9.68. The molecule has 1 heterocycles. The molecular weight excluding hydrogens is 208 g/mol. The third kappa shape index (κ3) is 3.47. The number of aromatic nitrogens is 1. The summed E-state index contributed by atoms with van der Waals surface area (Å²) in [6.07, 6.45) is 5.70. The molecule has 84 valence electrons. The first-order valence-corrected chi connectivity index (χ1v) is 5.82. The Morgan fingerprint density at radius 3 is 2.60 bits per heavy atom. The number of nitrogens with zero attached hydrogens (tertiary/aromatic N) is 1. The number of hydrogen-bond donors (Lipinski definition) is 1. The van der Waals surface area contributed by atoms with E-state index in [-0.39, 0.29) is 5.54 Å². The van der Waals surface area contributed by atoms with Crippen LogP contribution in [0.15, 0.2) is 18.5 Å². The van der Waals surface area contributed by atoms with Crippen LogP contribution in [0.4, 0.5) is 0 Å². The maximum Gasteiger partial charge on any atom is 0.0634 e. The van der Waals surface area contributed by atoms with Crippen LogP contribution in [0, 0.1) is 0 Å². The van der Waals surface area contributed by atoms with Crippen molar-refractivity contribution in [3.05, 3.63) is 29.0 Å². The summed E-state index contributed by atoms with van der Waals surface area (Å²) in [5, 5.41) is 4.28. The van der Waals surface area contributed by atoms with Crippen molar-refractivity contribution in [1.82, 2.24) is 10.3 Å². The zero-order valence-corrected chi connectivity index (χ0v) is 10.4. The molecule has 1 rings (SSSR count). The number of rotatable bonds is 5. The highest BCUT2D eigenvalue weighted by Gasteiger charge is 2.18. The van der Waals surface area contributed by atoms with Gasteiger partial charge in [-0.1, -0.05) is 25.4 Å². The summed E-state index contributed by atoms with van der Waals surface area (Å²) in [7, 11) is 0. The molecule has 0 amide bonds. The molecule has 0 spiro atoms. The van der Waals surface area contributed by atoms with Crippen molar-refractivity contribution < 1.29 is 0 Å². The topological polar surface area (TPSA) is 24.9 Å². The molecule has 0 aromatic carbocycles. The molecule has 1 N–H and O–H groups in total. The van der Waals surface area contributed by atoms with Crippen LogP contribution >= 0.6 is 11.6 Å². The molecule has 2 nitrogen and oxygen atoms in total. The number of hydrogen-bond acceptors (Lipinski definition) is 2. The minimum Gasteiger partial charge on any atom is -0.307 e. The summed E-state index contributed by atoms with van der Waals surface area (Å²) in [5.41, 5.74) is 1.31. The Kier molecular flexibility index (Phi) is 4.55.